The van der Waals surface area contributed by atoms with Crippen molar-refractivity contribution in [3.8, 4) is 34.1 Å². The summed E-state index contributed by atoms with van der Waals surface area (Å²) >= 11 is 0. The quantitative estimate of drug-likeness (QED) is 0.382. The van der Waals surface area contributed by atoms with E-state index < -0.39 is 17.8 Å². The zero-order valence-corrected chi connectivity index (χ0v) is 20.0. The predicted molar refractivity (Wildman–Crippen MR) is 134 cm³/mol. The summed E-state index contributed by atoms with van der Waals surface area (Å²) in [5, 5.41) is 10.3. The van der Waals surface area contributed by atoms with Gasteiger partial charge in [0.2, 0.25) is 5.91 Å². The minimum absolute atomic E-state index is 0.215. The average Bonchev–Trinajstić information content (AvgIpc) is 3.26. The summed E-state index contributed by atoms with van der Waals surface area (Å²) in [6.07, 6.45) is 0. The van der Waals surface area contributed by atoms with Crippen molar-refractivity contribution >= 4 is 5.91 Å². The molecule has 1 N–H and O–H groups in total. The molecule has 8 heteroatoms. The number of oxazole rings is 1. The highest BCUT2D eigenvalue weighted by molar-refractivity contribution is 5.89. The second kappa shape index (κ2) is 9.75. The first-order valence-electron chi connectivity index (χ1n) is 11.6. The van der Waals surface area contributed by atoms with E-state index in [0.29, 0.717) is 23.0 Å². The Labute approximate surface area is 207 Å². The Morgan fingerprint density at radius 3 is 2.17 bits per heavy atom. The molecule has 2 heterocycles. The van der Waals surface area contributed by atoms with Gasteiger partial charge in [0.1, 0.15) is 17.5 Å². The van der Waals surface area contributed by atoms with Gasteiger partial charge in [0.05, 0.1) is 32.6 Å². The standard InChI is InChI=1S/C28H26N2O6/c1-34-21-14-13-20(23(15-21)35-2)16-29-22(17-31)25(27(29)32)30-24(18-9-5-3-6-10-18)26(36-28(30)33)19-11-7-4-8-12-19/h3-15,22,25,31H,16-17H2,1-2H3. The van der Waals surface area contributed by atoms with Crippen LogP contribution in [0.4, 0.5) is 0 Å². The monoisotopic (exact) mass is 486 g/mol. The van der Waals surface area contributed by atoms with E-state index >= 15 is 0 Å². The summed E-state index contributed by atoms with van der Waals surface area (Å²) in [5.41, 5.74) is 2.72. The van der Waals surface area contributed by atoms with Crippen LogP contribution in [-0.4, -0.2) is 47.3 Å². The van der Waals surface area contributed by atoms with Gasteiger partial charge < -0.3 is 23.9 Å². The zero-order chi connectivity index (χ0) is 25.2. The van der Waals surface area contributed by atoms with Crippen molar-refractivity contribution in [1.82, 2.24) is 9.47 Å². The highest BCUT2D eigenvalue weighted by Crippen LogP contribution is 2.40. The van der Waals surface area contributed by atoms with E-state index in [1.165, 1.54) is 4.57 Å². The van der Waals surface area contributed by atoms with Crippen molar-refractivity contribution in [3.05, 3.63) is 95.0 Å². The van der Waals surface area contributed by atoms with Gasteiger partial charge in [-0.1, -0.05) is 60.7 Å². The lowest BCUT2D eigenvalue weighted by Gasteiger charge is -2.46. The number of rotatable bonds is 8. The topological polar surface area (TPSA) is 94.1 Å². The van der Waals surface area contributed by atoms with Crippen LogP contribution < -0.4 is 15.2 Å². The molecule has 184 valence electrons. The summed E-state index contributed by atoms with van der Waals surface area (Å²) in [7, 11) is 3.11. The Hall–Kier alpha value is -4.30. The molecular weight excluding hydrogens is 460 g/mol. The van der Waals surface area contributed by atoms with E-state index in [2.05, 4.69) is 0 Å². The van der Waals surface area contributed by atoms with Crippen molar-refractivity contribution in [1.29, 1.82) is 0 Å². The second-order valence-electron chi connectivity index (χ2n) is 8.49. The van der Waals surface area contributed by atoms with Gasteiger partial charge in [-0.05, 0) is 12.1 Å². The lowest BCUT2D eigenvalue weighted by Crippen LogP contribution is -2.63. The van der Waals surface area contributed by atoms with Crippen molar-refractivity contribution in [2.24, 2.45) is 0 Å². The number of aromatic nitrogens is 1. The summed E-state index contributed by atoms with van der Waals surface area (Å²) in [6, 6.07) is 22.5. The predicted octanol–water partition coefficient (Wildman–Crippen LogP) is 3.74. The van der Waals surface area contributed by atoms with Crippen molar-refractivity contribution in [2.45, 2.75) is 18.6 Å². The molecule has 0 spiro atoms. The number of amides is 1. The molecule has 8 nitrogen and oxygen atoms in total. The van der Waals surface area contributed by atoms with Crippen LogP contribution in [0.1, 0.15) is 11.6 Å². The zero-order valence-electron chi connectivity index (χ0n) is 20.0. The van der Waals surface area contributed by atoms with Gasteiger partial charge in [0.15, 0.2) is 5.76 Å². The molecule has 1 fully saturated rings. The summed E-state index contributed by atoms with van der Waals surface area (Å²) in [5.74, 6) is 0.650. The molecule has 0 saturated carbocycles. The minimum atomic E-state index is -0.900. The number of hydrogen-bond acceptors (Lipinski definition) is 6. The number of aliphatic hydroxyl groups excluding tert-OH is 1. The Bertz CT molecular complexity index is 1430. The fourth-order valence-electron chi connectivity index (χ4n) is 4.72. The third-order valence-electron chi connectivity index (χ3n) is 6.53. The number of carbonyl (C=O) groups is 1. The minimum Gasteiger partial charge on any atom is -0.497 e. The second-order valence-corrected chi connectivity index (χ2v) is 8.49. The molecule has 4 aromatic rings. The lowest BCUT2D eigenvalue weighted by molar-refractivity contribution is -0.158. The highest BCUT2D eigenvalue weighted by Gasteiger charge is 2.50. The van der Waals surface area contributed by atoms with E-state index in [1.54, 1.807) is 31.3 Å². The number of benzene rings is 3. The molecule has 1 aliphatic heterocycles. The maximum atomic E-state index is 13.5. The third-order valence-corrected chi connectivity index (χ3v) is 6.53. The van der Waals surface area contributed by atoms with Gasteiger partial charge in [-0.15, -0.1) is 0 Å². The molecule has 2 atom stereocenters. The molecule has 1 amide bonds. The Balaban J connectivity index is 1.55. The molecule has 36 heavy (non-hydrogen) atoms. The van der Waals surface area contributed by atoms with Crippen LogP contribution in [0.25, 0.3) is 22.6 Å². The Kier molecular flexibility index (Phi) is 6.35. The fourth-order valence-corrected chi connectivity index (χ4v) is 4.72. The van der Waals surface area contributed by atoms with Crippen LogP contribution in [0.3, 0.4) is 0 Å². The van der Waals surface area contributed by atoms with Crippen LogP contribution >= 0.6 is 0 Å². The fraction of sp³-hybridized carbons (Fsp3) is 0.214. The Morgan fingerprint density at radius 2 is 1.56 bits per heavy atom. The first kappa shape index (κ1) is 23.4. The number of nitrogens with zero attached hydrogens (tertiary/aromatic N) is 2. The highest BCUT2D eigenvalue weighted by atomic mass is 16.5. The number of ether oxygens (including phenoxy) is 2. The first-order valence-corrected chi connectivity index (χ1v) is 11.6. The molecule has 5 rings (SSSR count). The number of likely N-dealkylation sites (tertiary alicyclic amines) is 1. The smallest absolute Gasteiger partial charge is 0.420 e. The molecule has 0 radical (unpaired) electrons. The SMILES string of the molecule is COc1ccc(CN2C(=O)C(n3c(-c4ccccc4)c(-c4ccccc4)oc3=O)C2CO)c(OC)c1. The van der Waals surface area contributed by atoms with Crippen molar-refractivity contribution < 1.29 is 23.8 Å². The van der Waals surface area contributed by atoms with Gasteiger partial charge in [-0.3, -0.25) is 9.36 Å². The number of β-lactam (4-membered cyclic amide) rings is 1. The van der Waals surface area contributed by atoms with Crippen molar-refractivity contribution in [3.63, 3.8) is 0 Å². The summed E-state index contributed by atoms with van der Waals surface area (Å²) < 4.78 is 17.8. The molecule has 1 saturated heterocycles. The van der Waals surface area contributed by atoms with Gasteiger partial charge in [-0.2, -0.15) is 0 Å². The number of hydrogen-bond donors (Lipinski definition) is 1. The molecule has 1 aliphatic rings. The summed E-state index contributed by atoms with van der Waals surface area (Å²) in [4.78, 5) is 28.2. The average molecular weight is 487 g/mol. The van der Waals surface area contributed by atoms with Gasteiger partial charge in [0, 0.05) is 29.3 Å². The molecule has 1 aromatic heterocycles. The summed E-state index contributed by atoms with van der Waals surface area (Å²) in [6.45, 7) is -0.103. The normalized spacial score (nSPS) is 17.1. The van der Waals surface area contributed by atoms with E-state index in [1.807, 2.05) is 66.7 Å². The largest absolute Gasteiger partial charge is 0.497 e. The lowest BCUT2D eigenvalue weighted by atomic mass is 9.93. The molecular formula is C28H26N2O6. The van der Waals surface area contributed by atoms with Crippen LogP contribution in [-0.2, 0) is 11.3 Å². The maximum Gasteiger partial charge on any atom is 0.420 e. The van der Waals surface area contributed by atoms with Gasteiger partial charge in [-0.25, -0.2) is 4.79 Å². The Morgan fingerprint density at radius 1 is 0.889 bits per heavy atom. The van der Waals surface area contributed by atoms with Crippen LogP contribution in [0, 0.1) is 0 Å². The molecule has 0 bridgehead atoms. The van der Waals surface area contributed by atoms with E-state index in [4.69, 9.17) is 13.9 Å². The van der Waals surface area contributed by atoms with Crippen LogP contribution in [0.2, 0.25) is 0 Å². The van der Waals surface area contributed by atoms with E-state index in [9.17, 15) is 14.7 Å². The van der Waals surface area contributed by atoms with Crippen LogP contribution in [0.5, 0.6) is 11.5 Å². The number of methoxy groups -OCH3 is 2. The molecule has 0 aliphatic carbocycles. The molecule has 3 aromatic carbocycles. The van der Waals surface area contributed by atoms with Crippen LogP contribution in [0.15, 0.2) is 88.1 Å². The van der Waals surface area contributed by atoms with Gasteiger partial charge in [0.25, 0.3) is 0 Å². The van der Waals surface area contributed by atoms with Crippen molar-refractivity contribution in [2.75, 3.05) is 20.8 Å². The first-order chi connectivity index (χ1) is 17.6. The maximum absolute atomic E-state index is 13.5. The molecule has 2 unspecified atom stereocenters. The number of carbonyl (C=O) groups excluding carboxylic acids is 1. The number of aliphatic hydroxyl groups is 1. The van der Waals surface area contributed by atoms with E-state index in [0.717, 1.165) is 16.7 Å². The van der Waals surface area contributed by atoms with E-state index in [-0.39, 0.29) is 19.1 Å². The third kappa shape index (κ3) is 3.95. The van der Waals surface area contributed by atoms with Gasteiger partial charge >= 0.3 is 5.76 Å².